The largest absolute Gasteiger partial charge is 0.350 e. The first kappa shape index (κ1) is 17.2. The van der Waals surface area contributed by atoms with Gasteiger partial charge in [0.25, 0.3) is 10.0 Å². The van der Waals surface area contributed by atoms with E-state index in [1.54, 1.807) is 18.2 Å². The van der Waals surface area contributed by atoms with Crippen LogP contribution in [0.3, 0.4) is 0 Å². The van der Waals surface area contributed by atoms with Crippen molar-refractivity contribution in [3.63, 3.8) is 0 Å². The van der Waals surface area contributed by atoms with E-state index in [0.29, 0.717) is 0 Å². The highest BCUT2D eigenvalue weighted by Crippen LogP contribution is 2.27. The summed E-state index contributed by atoms with van der Waals surface area (Å²) in [4.78, 5) is 24.6. The molecule has 2 aromatic carbocycles. The molecule has 2 aromatic rings. The van der Waals surface area contributed by atoms with Gasteiger partial charge in [0, 0.05) is 13.0 Å². The SMILES string of the molecule is O=C(NCc1ccccc1)C1CCC(=O)N1S(=O)(=O)c1ccccc1. The summed E-state index contributed by atoms with van der Waals surface area (Å²) in [6.07, 6.45) is 0.223. The van der Waals surface area contributed by atoms with Crippen molar-refractivity contribution >= 4 is 21.8 Å². The lowest BCUT2D eigenvalue weighted by Gasteiger charge is -2.23. The molecule has 25 heavy (non-hydrogen) atoms. The van der Waals surface area contributed by atoms with Gasteiger partial charge in [-0.1, -0.05) is 48.5 Å². The molecule has 6 nitrogen and oxygen atoms in total. The van der Waals surface area contributed by atoms with Crippen LogP contribution in [0.1, 0.15) is 18.4 Å². The highest BCUT2D eigenvalue weighted by atomic mass is 32.2. The molecule has 1 saturated heterocycles. The fourth-order valence-corrected chi connectivity index (χ4v) is 4.43. The lowest BCUT2D eigenvalue weighted by Crippen LogP contribution is -2.47. The molecule has 130 valence electrons. The molecule has 0 radical (unpaired) electrons. The Labute approximate surface area is 146 Å². The molecule has 1 aliphatic rings. The first-order valence-corrected chi connectivity index (χ1v) is 9.38. The molecule has 1 fully saturated rings. The fourth-order valence-electron chi connectivity index (χ4n) is 2.81. The second-order valence-electron chi connectivity index (χ2n) is 5.77. The third-order valence-corrected chi connectivity index (χ3v) is 5.92. The second-order valence-corrected chi connectivity index (χ2v) is 7.58. The molecule has 1 atom stereocenters. The summed E-state index contributed by atoms with van der Waals surface area (Å²) in [5.41, 5.74) is 0.901. The number of benzene rings is 2. The van der Waals surface area contributed by atoms with Gasteiger partial charge in [-0.25, -0.2) is 12.7 Å². The van der Waals surface area contributed by atoms with Crippen LogP contribution in [-0.2, 0) is 26.2 Å². The Balaban J connectivity index is 1.79. The van der Waals surface area contributed by atoms with Gasteiger partial charge in [-0.3, -0.25) is 9.59 Å². The molecular formula is C18H18N2O4S. The molecular weight excluding hydrogens is 340 g/mol. The Hall–Kier alpha value is -2.67. The van der Waals surface area contributed by atoms with Crippen molar-refractivity contribution in [1.82, 2.24) is 9.62 Å². The molecule has 7 heteroatoms. The summed E-state index contributed by atoms with van der Waals surface area (Å²) in [6.45, 7) is 0.281. The van der Waals surface area contributed by atoms with E-state index in [-0.39, 0.29) is 24.3 Å². The lowest BCUT2D eigenvalue weighted by atomic mass is 10.2. The molecule has 0 aliphatic carbocycles. The number of amides is 2. The van der Waals surface area contributed by atoms with Gasteiger partial charge in [-0.2, -0.15) is 0 Å². The maximum atomic E-state index is 12.8. The van der Waals surface area contributed by atoms with Gasteiger partial charge < -0.3 is 5.32 Å². The second kappa shape index (κ2) is 7.06. The average Bonchev–Trinajstić information content (AvgIpc) is 3.04. The van der Waals surface area contributed by atoms with Crippen molar-refractivity contribution in [2.45, 2.75) is 30.3 Å². The minimum Gasteiger partial charge on any atom is -0.350 e. The predicted octanol–water partition coefficient (Wildman–Crippen LogP) is 1.68. The van der Waals surface area contributed by atoms with Crippen LogP contribution in [0.5, 0.6) is 0 Å². The van der Waals surface area contributed by atoms with E-state index in [1.165, 1.54) is 12.1 Å². The Morgan fingerprint density at radius 2 is 1.64 bits per heavy atom. The molecule has 0 aromatic heterocycles. The van der Waals surface area contributed by atoms with E-state index in [4.69, 9.17) is 0 Å². The van der Waals surface area contributed by atoms with Crippen molar-refractivity contribution in [3.8, 4) is 0 Å². The maximum absolute atomic E-state index is 12.8. The van der Waals surface area contributed by atoms with E-state index in [9.17, 15) is 18.0 Å². The van der Waals surface area contributed by atoms with E-state index >= 15 is 0 Å². The Morgan fingerprint density at radius 3 is 2.28 bits per heavy atom. The zero-order chi connectivity index (χ0) is 17.9. The summed E-state index contributed by atoms with van der Waals surface area (Å²) in [5.74, 6) is -1.02. The standard InChI is InChI=1S/C18H18N2O4S/c21-17-12-11-16(18(22)19-13-14-7-3-1-4-8-14)20(17)25(23,24)15-9-5-2-6-10-15/h1-10,16H,11-13H2,(H,19,22). The number of carbonyl (C=O) groups excluding carboxylic acids is 2. The topological polar surface area (TPSA) is 83.6 Å². The van der Waals surface area contributed by atoms with Crippen molar-refractivity contribution < 1.29 is 18.0 Å². The van der Waals surface area contributed by atoms with Gasteiger partial charge in [0.1, 0.15) is 6.04 Å². The number of nitrogens with one attached hydrogen (secondary N) is 1. The van der Waals surface area contributed by atoms with E-state index < -0.39 is 27.9 Å². The number of hydrogen-bond donors (Lipinski definition) is 1. The summed E-state index contributed by atoms with van der Waals surface area (Å²) < 4.78 is 26.2. The van der Waals surface area contributed by atoms with Crippen molar-refractivity contribution in [1.29, 1.82) is 0 Å². The Morgan fingerprint density at radius 1 is 1.04 bits per heavy atom. The maximum Gasteiger partial charge on any atom is 0.267 e. The Bertz CT molecular complexity index is 866. The number of sulfonamides is 1. The highest BCUT2D eigenvalue weighted by molar-refractivity contribution is 7.89. The van der Waals surface area contributed by atoms with Crippen LogP contribution in [0.15, 0.2) is 65.6 Å². The zero-order valence-corrected chi connectivity index (χ0v) is 14.3. The number of rotatable bonds is 5. The molecule has 0 spiro atoms. The van der Waals surface area contributed by atoms with Crippen LogP contribution in [0, 0.1) is 0 Å². The van der Waals surface area contributed by atoms with Crippen LogP contribution in [-0.4, -0.2) is 30.6 Å². The van der Waals surface area contributed by atoms with E-state index in [0.717, 1.165) is 9.87 Å². The smallest absolute Gasteiger partial charge is 0.267 e. The number of nitrogens with zero attached hydrogens (tertiary/aromatic N) is 1. The molecule has 1 heterocycles. The van der Waals surface area contributed by atoms with Crippen molar-refractivity contribution in [3.05, 3.63) is 66.2 Å². The number of carbonyl (C=O) groups is 2. The van der Waals surface area contributed by atoms with Crippen LogP contribution in [0.4, 0.5) is 0 Å². The minimum atomic E-state index is -4.04. The quantitative estimate of drug-likeness (QED) is 0.881. The third-order valence-electron chi connectivity index (χ3n) is 4.07. The monoisotopic (exact) mass is 358 g/mol. The first-order chi connectivity index (χ1) is 12.0. The first-order valence-electron chi connectivity index (χ1n) is 7.94. The van der Waals surface area contributed by atoms with Crippen LogP contribution >= 0.6 is 0 Å². The van der Waals surface area contributed by atoms with Crippen molar-refractivity contribution in [2.75, 3.05) is 0 Å². The van der Waals surface area contributed by atoms with Crippen LogP contribution in [0.25, 0.3) is 0 Å². The predicted molar refractivity (Wildman–Crippen MR) is 91.8 cm³/mol. The molecule has 1 aliphatic heterocycles. The average molecular weight is 358 g/mol. The van der Waals surface area contributed by atoms with E-state index in [2.05, 4.69) is 5.32 Å². The highest BCUT2D eigenvalue weighted by Gasteiger charge is 2.44. The van der Waals surface area contributed by atoms with Gasteiger partial charge in [0.05, 0.1) is 4.90 Å². The van der Waals surface area contributed by atoms with E-state index in [1.807, 2.05) is 30.3 Å². The Kier molecular flexibility index (Phi) is 4.85. The normalized spacial score (nSPS) is 17.5. The molecule has 0 saturated carbocycles. The number of hydrogen-bond acceptors (Lipinski definition) is 4. The van der Waals surface area contributed by atoms with Gasteiger partial charge in [0.15, 0.2) is 0 Å². The van der Waals surface area contributed by atoms with Gasteiger partial charge in [0.2, 0.25) is 11.8 Å². The molecule has 1 unspecified atom stereocenters. The summed E-state index contributed by atoms with van der Waals surface area (Å²) in [7, 11) is -4.04. The molecule has 3 rings (SSSR count). The van der Waals surface area contributed by atoms with Crippen LogP contribution in [0.2, 0.25) is 0 Å². The van der Waals surface area contributed by atoms with Crippen LogP contribution < -0.4 is 5.32 Å². The van der Waals surface area contributed by atoms with Crippen molar-refractivity contribution in [2.24, 2.45) is 0 Å². The molecule has 2 amide bonds. The molecule has 1 N–H and O–H groups in total. The van der Waals surface area contributed by atoms with Gasteiger partial charge in [-0.05, 0) is 24.1 Å². The van der Waals surface area contributed by atoms with Gasteiger partial charge in [-0.15, -0.1) is 0 Å². The minimum absolute atomic E-state index is 0.00566. The molecule has 0 bridgehead atoms. The zero-order valence-electron chi connectivity index (χ0n) is 13.5. The summed E-state index contributed by atoms with van der Waals surface area (Å²) in [5, 5.41) is 2.72. The van der Waals surface area contributed by atoms with Gasteiger partial charge >= 0.3 is 0 Å². The fraction of sp³-hybridized carbons (Fsp3) is 0.222. The summed E-state index contributed by atoms with van der Waals surface area (Å²) in [6, 6.07) is 16.0. The lowest BCUT2D eigenvalue weighted by molar-refractivity contribution is -0.130. The summed E-state index contributed by atoms with van der Waals surface area (Å²) >= 11 is 0. The third kappa shape index (κ3) is 3.56.